The second-order valence-corrected chi connectivity index (χ2v) is 7.92. The number of carbonyl (C=O) groups excluding carboxylic acids is 1. The summed E-state index contributed by atoms with van der Waals surface area (Å²) in [6, 6.07) is 12.4. The van der Waals surface area contributed by atoms with Gasteiger partial charge in [0.1, 0.15) is 0 Å². The molecule has 3 heterocycles. The molecule has 1 aromatic carbocycles. The number of fused-ring (bicyclic) bond motifs is 1. The van der Waals surface area contributed by atoms with Crippen LogP contribution in [0.15, 0.2) is 42.6 Å². The van der Waals surface area contributed by atoms with Crippen LogP contribution in [0.2, 0.25) is 0 Å². The number of benzene rings is 1. The fourth-order valence-corrected chi connectivity index (χ4v) is 4.13. The van der Waals surface area contributed by atoms with Crippen LogP contribution in [-0.2, 0) is 18.3 Å². The van der Waals surface area contributed by atoms with Crippen LogP contribution in [0.4, 0.5) is 5.82 Å². The molecule has 0 bridgehead atoms. The van der Waals surface area contributed by atoms with Crippen molar-refractivity contribution in [2.75, 3.05) is 31.1 Å². The molecule has 1 saturated carbocycles. The number of carbonyl (C=O) groups is 1. The van der Waals surface area contributed by atoms with Gasteiger partial charge in [0.2, 0.25) is 5.91 Å². The number of aromatic nitrogens is 3. The minimum atomic E-state index is 0.200. The van der Waals surface area contributed by atoms with E-state index in [0.29, 0.717) is 12.3 Å². The van der Waals surface area contributed by atoms with E-state index in [9.17, 15) is 4.79 Å². The summed E-state index contributed by atoms with van der Waals surface area (Å²) < 4.78 is 2.10. The predicted molar refractivity (Wildman–Crippen MR) is 109 cm³/mol. The molecule has 1 amide bonds. The van der Waals surface area contributed by atoms with Gasteiger partial charge in [0, 0.05) is 56.2 Å². The number of rotatable bonds is 4. The van der Waals surface area contributed by atoms with Crippen molar-refractivity contribution in [2.24, 2.45) is 7.05 Å². The summed E-state index contributed by atoms with van der Waals surface area (Å²) >= 11 is 0. The molecule has 1 aliphatic carbocycles. The summed E-state index contributed by atoms with van der Waals surface area (Å²) in [7, 11) is 2.03. The Hall–Kier alpha value is -2.89. The Morgan fingerprint density at radius 3 is 2.54 bits per heavy atom. The SMILES string of the molecule is Cn1cc(CC(=O)N2CCN(c3ccc(C4CC4)nn3)CC2)c2ccccc21. The monoisotopic (exact) mass is 375 g/mol. The van der Waals surface area contributed by atoms with E-state index in [1.807, 2.05) is 24.1 Å². The summed E-state index contributed by atoms with van der Waals surface area (Å²) in [5.74, 6) is 1.75. The maximum Gasteiger partial charge on any atom is 0.227 e. The zero-order chi connectivity index (χ0) is 19.1. The Labute approximate surface area is 164 Å². The predicted octanol–water partition coefficient (Wildman–Crippen LogP) is 2.74. The van der Waals surface area contributed by atoms with Crippen molar-refractivity contribution in [2.45, 2.75) is 25.2 Å². The standard InChI is InChI=1S/C22H25N5O/c1-25-15-17(18-4-2-3-5-20(18)25)14-22(28)27-12-10-26(11-13-27)21-9-8-19(23-24-21)16-6-7-16/h2-5,8-9,15-16H,6-7,10-14H2,1H3. The topological polar surface area (TPSA) is 54.3 Å². The van der Waals surface area contributed by atoms with E-state index in [-0.39, 0.29) is 5.91 Å². The van der Waals surface area contributed by atoms with E-state index >= 15 is 0 Å². The first-order valence-electron chi connectivity index (χ1n) is 10.1. The molecule has 6 heteroatoms. The van der Waals surface area contributed by atoms with Gasteiger partial charge in [-0.05, 0) is 36.6 Å². The highest BCUT2D eigenvalue weighted by molar-refractivity contribution is 5.89. The highest BCUT2D eigenvalue weighted by Gasteiger charge is 2.26. The Morgan fingerprint density at radius 2 is 1.82 bits per heavy atom. The molecule has 0 radical (unpaired) electrons. The van der Waals surface area contributed by atoms with Gasteiger partial charge in [0.15, 0.2) is 5.82 Å². The molecule has 0 spiro atoms. The van der Waals surface area contributed by atoms with E-state index in [2.05, 4.69) is 50.1 Å². The fraction of sp³-hybridized carbons (Fsp3) is 0.409. The number of amides is 1. The van der Waals surface area contributed by atoms with E-state index in [0.717, 1.165) is 43.3 Å². The van der Waals surface area contributed by atoms with Gasteiger partial charge in [-0.15, -0.1) is 5.10 Å². The first-order chi connectivity index (χ1) is 13.7. The Bertz CT molecular complexity index is 997. The average molecular weight is 375 g/mol. The molecular formula is C22H25N5O. The van der Waals surface area contributed by atoms with Crippen molar-refractivity contribution in [3.05, 3.63) is 53.9 Å². The highest BCUT2D eigenvalue weighted by atomic mass is 16.2. The zero-order valence-electron chi connectivity index (χ0n) is 16.2. The number of hydrogen-bond donors (Lipinski definition) is 0. The molecule has 5 rings (SSSR count). The van der Waals surface area contributed by atoms with Crippen LogP contribution in [0.3, 0.4) is 0 Å². The number of piperazine rings is 1. The molecule has 1 aliphatic heterocycles. The van der Waals surface area contributed by atoms with E-state index < -0.39 is 0 Å². The van der Waals surface area contributed by atoms with E-state index in [4.69, 9.17) is 0 Å². The summed E-state index contributed by atoms with van der Waals surface area (Å²) in [5.41, 5.74) is 3.39. The first-order valence-corrected chi connectivity index (χ1v) is 10.1. The van der Waals surface area contributed by atoms with Crippen molar-refractivity contribution in [1.82, 2.24) is 19.7 Å². The minimum Gasteiger partial charge on any atom is -0.352 e. The molecule has 2 aliphatic rings. The van der Waals surface area contributed by atoms with Crippen molar-refractivity contribution in [3.63, 3.8) is 0 Å². The van der Waals surface area contributed by atoms with Gasteiger partial charge in [-0.25, -0.2) is 0 Å². The minimum absolute atomic E-state index is 0.200. The fourth-order valence-electron chi connectivity index (χ4n) is 4.13. The quantitative estimate of drug-likeness (QED) is 0.704. The Balaban J connectivity index is 1.22. The third-order valence-corrected chi connectivity index (χ3v) is 5.94. The molecular weight excluding hydrogens is 350 g/mol. The number of hydrogen-bond acceptors (Lipinski definition) is 4. The molecule has 2 aromatic heterocycles. The lowest BCUT2D eigenvalue weighted by Gasteiger charge is -2.35. The van der Waals surface area contributed by atoms with Gasteiger partial charge in [-0.3, -0.25) is 4.79 Å². The van der Waals surface area contributed by atoms with E-state index in [1.54, 1.807) is 0 Å². The summed E-state index contributed by atoms with van der Waals surface area (Å²) in [6.45, 7) is 3.07. The summed E-state index contributed by atoms with van der Waals surface area (Å²) in [5, 5.41) is 9.96. The maximum absolute atomic E-state index is 12.9. The van der Waals surface area contributed by atoms with Gasteiger partial charge in [0.05, 0.1) is 12.1 Å². The number of nitrogens with zero attached hydrogens (tertiary/aromatic N) is 5. The smallest absolute Gasteiger partial charge is 0.227 e. The number of para-hydroxylation sites is 1. The van der Waals surface area contributed by atoms with Crippen LogP contribution in [0, 0.1) is 0 Å². The number of aryl methyl sites for hydroxylation is 1. The third kappa shape index (κ3) is 3.23. The van der Waals surface area contributed by atoms with Crippen LogP contribution in [0.5, 0.6) is 0 Å². The van der Waals surface area contributed by atoms with Crippen molar-refractivity contribution in [1.29, 1.82) is 0 Å². The Morgan fingerprint density at radius 1 is 1.04 bits per heavy atom. The first kappa shape index (κ1) is 17.2. The van der Waals surface area contributed by atoms with Gasteiger partial charge >= 0.3 is 0 Å². The van der Waals surface area contributed by atoms with Crippen LogP contribution in [0.1, 0.15) is 30.0 Å². The van der Waals surface area contributed by atoms with Crippen molar-refractivity contribution in [3.8, 4) is 0 Å². The van der Waals surface area contributed by atoms with Crippen LogP contribution < -0.4 is 4.90 Å². The lowest BCUT2D eigenvalue weighted by atomic mass is 10.1. The molecule has 1 saturated heterocycles. The van der Waals surface area contributed by atoms with Crippen LogP contribution >= 0.6 is 0 Å². The van der Waals surface area contributed by atoms with Crippen LogP contribution in [0.25, 0.3) is 10.9 Å². The largest absolute Gasteiger partial charge is 0.352 e. The normalized spacial score (nSPS) is 17.3. The Kier molecular flexibility index (Phi) is 4.26. The average Bonchev–Trinajstić information content (AvgIpc) is 3.54. The lowest BCUT2D eigenvalue weighted by Crippen LogP contribution is -2.49. The van der Waals surface area contributed by atoms with Gasteiger partial charge in [-0.1, -0.05) is 18.2 Å². The molecule has 6 nitrogen and oxygen atoms in total. The maximum atomic E-state index is 12.9. The summed E-state index contributed by atoms with van der Waals surface area (Å²) in [4.78, 5) is 17.1. The highest BCUT2D eigenvalue weighted by Crippen LogP contribution is 2.38. The summed E-state index contributed by atoms with van der Waals surface area (Å²) in [6.07, 6.45) is 5.02. The van der Waals surface area contributed by atoms with Gasteiger partial charge in [-0.2, -0.15) is 5.10 Å². The van der Waals surface area contributed by atoms with Crippen molar-refractivity contribution >= 4 is 22.6 Å². The molecule has 28 heavy (non-hydrogen) atoms. The molecule has 144 valence electrons. The second kappa shape index (κ2) is 6.93. The number of anilines is 1. The van der Waals surface area contributed by atoms with Crippen molar-refractivity contribution < 1.29 is 4.79 Å². The molecule has 3 aromatic rings. The lowest BCUT2D eigenvalue weighted by molar-refractivity contribution is -0.130. The van der Waals surface area contributed by atoms with Gasteiger partial charge in [0.25, 0.3) is 0 Å². The second-order valence-electron chi connectivity index (χ2n) is 7.92. The molecule has 2 fully saturated rings. The third-order valence-electron chi connectivity index (χ3n) is 5.94. The van der Waals surface area contributed by atoms with Crippen LogP contribution in [-0.4, -0.2) is 51.8 Å². The van der Waals surface area contributed by atoms with E-state index in [1.165, 1.54) is 23.7 Å². The zero-order valence-corrected chi connectivity index (χ0v) is 16.2. The molecule has 0 unspecified atom stereocenters. The van der Waals surface area contributed by atoms with Gasteiger partial charge < -0.3 is 14.4 Å². The molecule has 0 N–H and O–H groups in total. The molecule has 0 atom stereocenters.